The smallest absolute Gasteiger partial charge is 0.260 e. The zero-order chi connectivity index (χ0) is 13.5. The van der Waals surface area contributed by atoms with Crippen molar-refractivity contribution in [1.29, 1.82) is 0 Å². The van der Waals surface area contributed by atoms with Crippen LogP contribution in [0.4, 0.5) is 4.39 Å². The molecule has 1 rings (SSSR count). The van der Waals surface area contributed by atoms with E-state index in [1.54, 1.807) is 19.1 Å². The Morgan fingerprint density at radius 3 is 2.78 bits per heavy atom. The Labute approximate surface area is 107 Å². The predicted molar refractivity (Wildman–Crippen MR) is 67.9 cm³/mol. The molecule has 0 heterocycles. The predicted octanol–water partition coefficient (Wildman–Crippen LogP) is 1.45. The van der Waals surface area contributed by atoms with E-state index in [9.17, 15) is 9.18 Å². The molecule has 18 heavy (non-hydrogen) atoms. The summed E-state index contributed by atoms with van der Waals surface area (Å²) in [4.78, 5) is 11.3. The molecule has 0 radical (unpaired) electrons. The quantitative estimate of drug-likeness (QED) is 0.808. The van der Waals surface area contributed by atoms with E-state index >= 15 is 0 Å². The molecule has 100 valence electrons. The number of nitrogens with one attached hydrogen (secondary N) is 2. The zero-order valence-corrected chi connectivity index (χ0v) is 10.9. The molecule has 0 aromatic heterocycles. The first-order chi connectivity index (χ1) is 8.58. The van der Waals surface area contributed by atoms with E-state index in [-0.39, 0.29) is 11.7 Å². The molecule has 0 spiro atoms. The fourth-order valence-corrected chi connectivity index (χ4v) is 1.47. The average Bonchev–Trinajstić information content (AvgIpc) is 2.38. The molecular formula is C13H19FN2O2. The Morgan fingerprint density at radius 1 is 1.50 bits per heavy atom. The number of halogens is 1. The van der Waals surface area contributed by atoms with Crippen LogP contribution in [0.1, 0.15) is 19.4 Å². The monoisotopic (exact) mass is 254 g/mol. The Hall–Kier alpha value is -1.62. The molecule has 0 fully saturated rings. The number of benzene rings is 1. The fraction of sp³-hybridized carbons (Fsp3) is 0.462. The summed E-state index contributed by atoms with van der Waals surface area (Å²) in [5.74, 6) is -0.654. The molecule has 1 aromatic carbocycles. The van der Waals surface area contributed by atoms with E-state index in [0.29, 0.717) is 6.54 Å². The highest BCUT2D eigenvalue weighted by Crippen LogP contribution is 2.19. The second-order valence-electron chi connectivity index (χ2n) is 3.92. The van der Waals surface area contributed by atoms with Gasteiger partial charge in [-0.2, -0.15) is 0 Å². The number of hydrogen-bond acceptors (Lipinski definition) is 3. The maximum Gasteiger partial charge on any atom is 0.260 e. The van der Waals surface area contributed by atoms with E-state index in [1.807, 2.05) is 6.92 Å². The number of rotatable bonds is 6. The lowest BCUT2D eigenvalue weighted by molar-refractivity contribution is -0.126. The molecule has 4 nitrogen and oxygen atoms in total. The van der Waals surface area contributed by atoms with Crippen LogP contribution >= 0.6 is 0 Å². The van der Waals surface area contributed by atoms with E-state index in [0.717, 1.165) is 12.1 Å². The van der Waals surface area contributed by atoms with Crippen LogP contribution in [0.3, 0.4) is 0 Å². The number of amides is 1. The number of likely N-dealkylation sites (N-methyl/N-ethyl adjacent to an activating group) is 1. The standard InChI is InChI=1S/C13H19FN2O2/c1-4-16-8-10-5-6-12(11(14)7-10)18-9(2)13(17)15-3/h5-7,9,16H,4,8H2,1-3H3,(H,15,17). The number of carbonyl (C=O) groups is 1. The second kappa shape index (κ2) is 6.96. The largest absolute Gasteiger partial charge is 0.478 e. The first-order valence-corrected chi connectivity index (χ1v) is 5.95. The second-order valence-corrected chi connectivity index (χ2v) is 3.92. The lowest BCUT2D eigenvalue weighted by atomic mass is 10.2. The van der Waals surface area contributed by atoms with Crippen molar-refractivity contribution in [2.45, 2.75) is 26.5 Å². The molecule has 0 saturated heterocycles. The number of ether oxygens (including phenoxy) is 1. The van der Waals surface area contributed by atoms with Gasteiger partial charge in [-0.25, -0.2) is 4.39 Å². The van der Waals surface area contributed by atoms with Crippen molar-refractivity contribution in [3.05, 3.63) is 29.6 Å². The maximum absolute atomic E-state index is 13.7. The van der Waals surface area contributed by atoms with Crippen LogP contribution < -0.4 is 15.4 Å². The van der Waals surface area contributed by atoms with Gasteiger partial charge in [0.1, 0.15) is 0 Å². The van der Waals surface area contributed by atoms with Crippen LogP contribution in [0.15, 0.2) is 18.2 Å². The van der Waals surface area contributed by atoms with Crippen LogP contribution in [-0.4, -0.2) is 25.6 Å². The van der Waals surface area contributed by atoms with Crippen LogP contribution in [0.25, 0.3) is 0 Å². The minimum Gasteiger partial charge on any atom is -0.478 e. The summed E-state index contributed by atoms with van der Waals surface area (Å²) < 4.78 is 19.0. The summed E-state index contributed by atoms with van der Waals surface area (Å²) in [6.07, 6.45) is -0.718. The molecule has 5 heteroatoms. The Kier molecular flexibility index (Phi) is 5.58. The van der Waals surface area contributed by atoms with E-state index < -0.39 is 11.9 Å². The van der Waals surface area contributed by atoms with E-state index in [4.69, 9.17) is 4.74 Å². The molecule has 0 aliphatic heterocycles. The third-order valence-corrected chi connectivity index (χ3v) is 2.49. The minimum absolute atomic E-state index is 0.0892. The van der Waals surface area contributed by atoms with Gasteiger partial charge in [0, 0.05) is 13.6 Å². The van der Waals surface area contributed by atoms with Gasteiger partial charge in [-0.3, -0.25) is 4.79 Å². The maximum atomic E-state index is 13.7. The molecule has 2 N–H and O–H groups in total. The molecule has 0 aliphatic rings. The average molecular weight is 254 g/mol. The van der Waals surface area contributed by atoms with Gasteiger partial charge in [0.15, 0.2) is 17.7 Å². The molecular weight excluding hydrogens is 235 g/mol. The molecule has 1 unspecified atom stereocenters. The van der Waals surface area contributed by atoms with Crippen LogP contribution in [-0.2, 0) is 11.3 Å². The highest BCUT2D eigenvalue weighted by molar-refractivity contribution is 5.80. The van der Waals surface area contributed by atoms with Gasteiger partial charge in [0.25, 0.3) is 5.91 Å². The van der Waals surface area contributed by atoms with Gasteiger partial charge < -0.3 is 15.4 Å². The van der Waals surface area contributed by atoms with Crippen LogP contribution in [0, 0.1) is 5.82 Å². The van der Waals surface area contributed by atoms with Gasteiger partial charge in [0.2, 0.25) is 0 Å². The highest BCUT2D eigenvalue weighted by atomic mass is 19.1. The van der Waals surface area contributed by atoms with Gasteiger partial charge >= 0.3 is 0 Å². The number of hydrogen-bond donors (Lipinski definition) is 2. The summed E-state index contributed by atoms with van der Waals surface area (Å²) in [6, 6.07) is 4.73. The molecule has 0 saturated carbocycles. The first-order valence-electron chi connectivity index (χ1n) is 5.95. The number of carbonyl (C=O) groups excluding carboxylic acids is 1. The summed E-state index contributed by atoms with van der Waals surface area (Å²) >= 11 is 0. The summed E-state index contributed by atoms with van der Waals surface area (Å²) in [6.45, 7) is 5.00. The SMILES string of the molecule is CCNCc1ccc(OC(C)C(=O)NC)c(F)c1. The molecule has 0 bridgehead atoms. The third kappa shape index (κ3) is 4.00. The van der Waals surface area contributed by atoms with Crippen molar-refractivity contribution in [2.75, 3.05) is 13.6 Å². The van der Waals surface area contributed by atoms with E-state index in [2.05, 4.69) is 10.6 Å². The molecule has 0 aliphatic carbocycles. The molecule has 1 amide bonds. The zero-order valence-electron chi connectivity index (χ0n) is 10.9. The van der Waals surface area contributed by atoms with Crippen LogP contribution in [0.5, 0.6) is 5.75 Å². The third-order valence-electron chi connectivity index (χ3n) is 2.49. The Balaban J connectivity index is 2.70. The minimum atomic E-state index is -0.718. The highest BCUT2D eigenvalue weighted by Gasteiger charge is 2.15. The lowest BCUT2D eigenvalue weighted by Crippen LogP contribution is -2.33. The summed E-state index contributed by atoms with van der Waals surface area (Å²) in [7, 11) is 1.51. The normalized spacial score (nSPS) is 12.0. The van der Waals surface area contributed by atoms with Crippen molar-refractivity contribution >= 4 is 5.91 Å². The van der Waals surface area contributed by atoms with Gasteiger partial charge in [-0.1, -0.05) is 13.0 Å². The van der Waals surface area contributed by atoms with Gasteiger partial charge in [0.05, 0.1) is 0 Å². The van der Waals surface area contributed by atoms with Crippen molar-refractivity contribution in [2.24, 2.45) is 0 Å². The van der Waals surface area contributed by atoms with Crippen molar-refractivity contribution in [3.63, 3.8) is 0 Å². The fourth-order valence-electron chi connectivity index (χ4n) is 1.47. The lowest BCUT2D eigenvalue weighted by Gasteiger charge is -2.14. The molecule has 1 atom stereocenters. The molecule has 1 aromatic rings. The van der Waals surface area contributed by atoms with Gasteiger partial charge in [-0.15, -0.1) is 0 Å². The topological polar surface area (TPSA) is 50.4 Å². The van der Waals surface area contributed by atoms with Crippen molar-refractivity contribution < 1.29 is 13.9 Å². The summed E-state index contributed by atoms with van der Waals surface area (Å²) in [5.41, 5.74) is 0.842. The van der Waals surface area contributed by atoms with Crippen LogP contribution in [0.2, 0.25) is 0 Å². The van der Waals surface area contributed by atoms with Gasteiger partial charge in [-0.05, 0) is 31.2 Å². The van der Waals surface area contributed by atoms with Crippen molar-refractivity contribution in [1.82, 2.24) is 10.6 Å². The Bertz CT molecular complexity index is 410. The summed E-state index contributed by atoms with van der Waals surface area (Å²) in [5, 5.41) is 5.56. The van der Waals surface area contributed by atoms with E-state index in [1.165, 1.54) is 13.1 Å². The van der Waals surface area contributed by atoms with Crippen molar-refractivity contribution in [3.8, 4) is 5.75 Å². The first kappa shape index (κ1) is 14.4. The Morgan fingerprint density at radius 2 is 2.22 bits per heavy atom.